The molecule has 1 amide bonds. The van der Waals surface area contributed by atoms with Crippen molar-refractivity contribution in [2.24, 2.45) is 0 Å². The molecule has 1 N–H and O–H groups in total. The van der Waals surface area contributed by atoms with Crippen LogP contribution in [0.1, 0.15) is 34.3 Å². The van der Waals surface area contributed by atoms with E-state index in [0.29, 0.717) is 32.6 Å². The highest BCUT2D eigenvalue weighted by Gasteiger charge is 2.33. The molecule has 156 valence electrons. The van der Waals surface area contributed by atoms with E-state index in [4.69, 9.17) is 0 Å². The summed E-state index contributed by atoms with van der Waals surface area (Å²) in [5, 5.41) is 10.7. The monoisotopic (exact) mass is 420 g/mol. The second-order valence-corrected chi connectivity index (χ2v) is 9.84. The van der Waals surface area contributed by atoms with Gasteiger partial charge < -0.3 is 9.80 Å². The minimum Gasteiger partial charge on any atom is -0.365 e. The summed E-state index contributed by atoms with van der Waals surface area (Å²) in [6, 6.07) is 2.61. The highest BCUT2D eigenvalue weighted by molar-refractivity contribution is 7.91. The first-order valence-electron chi connectivity index (χ1n) is 9.61. The fourth-order valence-electron chi connectivity index (χ4n) is 4.19. The lowest BCUT2D eigenvalue weighted by atomic mass is 10.2. The first-order valence-corrected chi connectivity index (χ1v) is 11.4. The van der Waals surface area contributed by atoms with Gasteiger partial charge in [-0.05, 0) is 26.3 Å². The molecular formula is C18H24N6O4S. The van der Waals surface area contributed by atoms with Crippen LogP contribution in [0.15, 0.2) is 16.9 Å². The summed E-state index contributed by atoms with van der Waals surface area (Å²) >= 11 is 0. The number of aryl methyl sites for hydroxylation is 1. The van der Waals surface area contributed by atoms with E-state index >= 15 is 0 Å². The molecule has 29 heavy (non-hydrogen) atoms. The number of amides is 1. The molecule has 0 radical (unpaired) electrons. The number of hydrogen-bond acceptors (Lipinski definition) is 7. The van der Waals surface area contributed by atoms with E-state index in [0.717, 1.165) is 17.1 Å². The van der Waals surface area contributed by atoms with Gasteiger partial charge in [-0.1, -0.05) is 0 Å². The van der Waals surface area contributed by atoms with Gasteiger partial charge in [-0.15, -0.1) is 0 Å². The normalized spacial score (nSPS) is 21.5. The van der Waals surface area contributed by atoms with Crippen LogP contribution in [0, 0.1) is 13.8 Å². The van der Waals surface area contributed by atoms with Crippen molar-refractivity contribution >= 4 is 21.4 Å². The lowest BCUT2D eigenvalue weighted by molar-refractivity contribution is 0.0739. The summed E-state index contributed by atoms with van der Waals surface area (Å²) in [5.74, 6) is 0.148. The van der Waals surface area contributed by atoms with Gasteiger partial charge >= 0.3 is 0 Å². The van der Waals surface area contributed by atoms with Crippen LogP contribution in [0.4, 0.5) is 5.69 Å². The first-order chi connectivity index (χ1) is 13.7. The Balaban J connectivity index is 1.47. The van der Waals surface area contributed by atoms with Crippen LogP contribution in [0.3, 0.4) is 0 Å². The minimum atomic E-state index is -2.98. The number of aromatic nitrogens is 4. The Kier molecular flexibility index (Phi) is 4.93. The maximum Gasteiger partial charge on any atom is 0.274 e. The molecular weight excluding hydrogens is 396 g/mol. The van der Waals surface area contributed by atoms with Gasteiger partial charge in [-0.3, -0.25) is 14.3 Å². The van der Waals surface area contributed by atoms with Crippen molar-refractivity contribution in [1.29, 1.82) is 0 Å². The van der Waals surface area contributed by atoms with E-state index in [1.54, 1.807) is 4.90 Å². The van der Waals surface area contributed by atoms with Gasteiger partial charge in [0.25, 0.3) is 11.5 Å². The van der Waals surface area contributed by atoms with E-state index in [1.807, 2.05) is 18.5 Å². The van der Waals surface area contributed by atoms with Crippen molar-refractivity contribution in [2.75, 3.05) is 42.6 Å². The molecule has 4 heterocycles. The van der Waals surface area contributed by atoms with Crippen molar-refractivity contribution in [1.82, 2.24) is 24.9 Å². The van der Waals surface area contributed by atoms with Crippen molar-refractivity contribution in [2.45, 2.75) is 26.3 Å². The molecule has 0 bridgehead atoms. The molecule has 0 spiro atoms. The van der Waals surface area contributed by atoms with Gasteiger partial charge in [0.1, 0.15) is 5.69 Å². The molecule has 2 aliphatic heterocycles. The van der Waals surface area contributed by atoms with Crippen molar-refractivity contribution in [3.05, 3.63) is 39.6 Å². The van der Waals surface area contributed by atoms with Gasteiger partial charge in [-0.25, -0.2) is 13.5 Å². The smallest absolute Gasteiger partial charge is 0.274 e. The van der Waals surface area contributed by atoms with Crippen molar-refractivity contribution in [3.8, 4) is 0 Å². The second kappa shape index (κ2) is 7.29. The average molecular weight is 420 g/mol. The topological polar surface area (TPSA) is 121 Å². The number of H-pyrrole nitrogens is 1. The van der Waals surface area contributed by atoms with Crippen LogP contribution in [0.25, 0.3) is 0 Å². The fraction of sp³-hybridized carbons (Fsp3) is 0.556. The maximum atomic E-state index is 12.6. The Bertz CT molecular complexity index is 1080. The highest BCUT2D eigenvalue weighted by Crippen LogP contribution is 2.31. The van der Waals surface area contributed by atoms with Gasteiger partial charge in [0.15, 0.2) is 9.84 Å². The summed E-state index contributed by atoms with van der Waals surface area (Å²) < 4.78 is 25.5. The van der Waals surface area contributed by atoms with Gasteiger partial charge in [0.05, 0.1) is 34.6 Å². The number of carbonyl (C=O) groups excluding carboxylic acids is 1. The molecule has 0 saturated carbocycles. The van der Waals surface area contributed by atoms with Crippen LogP contribution in [0.2, 0.25) is 0 Å². The Labute approximate surface area is 168 Å². The third kappa shape index (κ3) is 3.78. The first kappa shape index (κ1) is 19.6. The second-order valence-electron chi connectivity index (χ2n) is 7.61. The molecule has 1 atom stereocenters. The lowest BCUT2D eigenvalue weighted by Crippen LogP contribution is -2.49. The number of nitrogens with zero attached hydrogens (tertiary/aromatic N) is 5. The molecule has 0 aromatic carbocycles. The molecule has 0 aliphatic carbocycles. The molecule has 11 heteroatoms. The zero-order valence-corrected chi connectivity index (χ0v) is 17.3. The van der Waals surface area contributed by atoms with Gasteiger partial charge in [0.2, 0.25) is 0 Å². The Morgan fingerprint density at radius 2 is 1.90 bits per heavy atom. The molecule has 1 unspecified atom stereocenters. The number of aromatic amines is 1. The molecule has 2 aromatic rings. The molecule has 10 nitrogen and oxygen atoms in total. The molecule has 2 saturated heterocycles. The van der Waals surface area contributed by atoms with Gasteiger partial charge in [-0.2, -0.15) is 10.2 Å². The van der Waals surface area contributed by atoms with Crippen LogP contribution in [-0.4, -0.2) is 76.9 Å². The lowest BCUT2D eigenvalue weighted by Gasteiger charge is -2.36. The molecule has 2 aliphatic rings. The van der Waals surface area contributed by atoms with E-state index in [1.165, 1.54) is 12.1 Å². The van der Waals surface area contributed by atoms with E-state index in [-0.39, 0.29) is 34.7 Å². The van der Waals surface area contributed by atoms with Crippen LogP contribution < -0.4 is 10.5 Å². The predicted molar refractivity (Wildman–Crippen MR) is 107 cm³/mol. The summed E-state index contributed by atoms with van der Waals surface area (Å²) in [6.07, 6.45) is 0.595. The standard InChI is InChI=1S/C18H24N6O4S/c1-12-17(13(2)24(21-12)14-5-10-29(27,28)11-14)22-6-8-23(9-7-22)18(26)15-3-4-16(25)20-19-15/h3-4,14H,5-11H2,1-2H3,(H,20,25). The summed E-state index contributed by atoms with van der Waals surface area (Å²) in [5.41, 5.74) is 2.73. The van der Waals surface area contributed by atoms with E-state index in [2.05, 4.69) is 20.2 Å². The average Bonchev–Trinajstić information content (AvgIpc) is 3.20. The van der Waals surface area contributed by atoms with Crippen molar-refractivity contribution < 1.29 is 13.2 Å². The quantitative estimate of drug-likeness (QED) is 0.736. The number of anilines is 1. The third-order valence-corrected chi connectivity index (χ3v) is 7.37. The van der Waals surface area contributed by atoms with Crippen LogP contribution in [-0.2, 0) is 9.84 Å². The number of piperazine rings is 1. The minimum absolute atomic E-state index is 0.110. The SMILES string of the molecule is Cc1nn(C2CCS(=O)(=O)C2)c(C)c1N1CCN(C(=O)c2ccc(=O)[nH]n2)CC1. The highest BCUT2D eigenvalue weighted by atomic mass is 32.2. The number of hydrogen-bond donors (Lipinski definition) is 1. The predicted octanol–water partition coefficient (Wildman–Crippen LogP) is -0.0948. The number of carbonyl (C=O) groups is 1. The Morgan fingerprint density at radius 1 is 1.17 bits per heavy atom. The Morgan fingerprint density at radius 3 is 2.48 bits per heavy atom. The number of sulfone groups is 1. The van der Waals surface area contributed by atoms with Crippen LogP contribution in [0.5, 0.6) is 0 Å². The maximum absolute atomic E-state index is 12.6. The van der Waals surface area contributed by atoms with Crippen molar-refractivity contribution in [3.63, 3.8) is 0 Å². The van der Waals surface area contributed by atoms with E-state index < -0.39 is 9.84 Å². The summed E-state index contributed by atoms with van der Waals surface area (Å²) in [7, 11) is -2.98. The summed E-state index contributed by atoms with van der Waals surface area (Å²) in [6.45, 7) is 6.26. The number of nitrogens with one attached hydrogen (secondary N) is 1. The zero-order valence-electron chi connectivity index (χ0n) is 16.5. The number of rotatable bonds is 3. The summed E-state index contributed by atoms with van der Waals surface area (Å²) in [4.78, 5) is 27.6. The molecule has 4 rings (SSSR count). The molecule has 2 aromatic heterocycles. The van der Waals surface area contributed by atoms with Gasteiger partial charge in [0, 0.05) is 32.2 Å². The largest absolute Gasteiger partial charge is 0.365 e. The third-order valence-electron chi connectivity index (χ3n) is 5.62. The Hall–Kier alpha value is -2.69. The zero-order chi connectivity index (χ0) is 20.8. The fourth-order valence-corrected chi connectivity index (χ4v) is 5.89. The van der Waals surface area contributed by atoms with E-state index in [9.17, 15) is 18.0 Å². The molecule has 2 fully saturated rings. The van der Waals surface area contributed by atoms with Crippen LogP contribution >= 0.6 is 0 Å².